The smallest absolute Gasteiger partial charge is 0.209 e. The van der Waals surface area contributed by atoms with Crippen molar-refractivity contribution >= 4 is 11.9 Å². The van der Waals surface area contributed by atoms with Crippen molar-refractivity contribution in [2.75, 3.05) is 41.5 Å². The second kappa shape index (κ2) is 7.09. The van der Waals surface area contributed by atoms with E-state index in [1.807, 2.05) is 18.3 Å². The van der Waals surface area contributed by atoms with E-state index in [4.69, 9.17) is 23.9 Å². The highest BCUT2D eigenvalue weighted by Crippen LogP contribution is 2.43. The van der Waals surface area contributed by atoms with Gasteiger partial charge in [-0.3, -0.25) is 9.89 Å². The SMILES string of the molecule is COc1cc2c(cc1OC)C(OC)(OC)CN1CCCC[C@H]1C=N2. The Bertz CT molecular complexity index is 613. The predicted octanol–water partition coefficient (Wildman–Crippen LogP) is 2.72. The van der Waals surface area contributed by atoms with Crippen LogP contribution in [0.2, 0.25) is 0 Å². The molecule has 1 atom stereocenters. The quantitative estimate of drug-likeness (QED) is 0.793. The monoisotopic (exact) mass is 334 g/mol. The van der Waals surface area contributed by atoms with E-state index >= 15 is 0 Å². The number of aliphatic imine (C=N–C) groups is 1. The number of hydrogen-bond donors (Lipinski definition) is 0. The second-order valence-corrected chi connectivity index (χ2v) is 6.20. The number of hydrogen-bond acceptors (Lipinski definition) is 6. The van der Waals surface area contributed by atoms with Crippen LogP contribution in [-0.2, 0) is 15.3 Å². The van der Waals surface area contributed by atoms with Crippen molar-refractivity contribution < 1.29 is 18.9 Å². The van der Waals surface area contributed by atoms with E-state index in [0.717, 1.165) is 24.2 Å². The Morgan fingerprint density at radius 3 is 2.42 bits per heavy atom. The molecule has 0 saturated carbocycles. The number of piperidine rings is 1. The van der Waals surface area contributed by atoms with Crippen LogP contribution in [0.5, 0.6) is 11.5 Å². The Morgan fingerprint density at radius 2 is 1.75 bits per heavy atom. The highest BCUT2D eigenvalue weighted by Gasteiger charge is 2.41. The minimum absolute atomic E-state index is 0.310. The molecule has 0 amide bonds. The number of rotatable bonds is 4. The van der Waals surface area contributed by atoms with Gasteiger partial charge in [-0.2, -0.15) is 0 Å². The van der Waals surface area contributed by atoms with Crippen molar-refractivity contribution in [2.24, 2.45) is 4.99 Å². The van der Waals surface area contributed by atoms with Gasteiger partial charge in [0.15, 0.2) is 11.5 Å². The zero-order chi connectivity index (χ0) is 17.2. The van der Waals surface area contributed by atoms with Crippen molar-refractivity contribution in [3.63, 3.8) is 0 Å². The van der Waals surface area contributed by atoms with Gasteiger partial charge < -0.3 is 18.9 Å². The van der Waals surface area contributed by atoms with Crippen LogP contribution in [0.25, 0.3) is 0 Å². The van der Waals surface area contributed by atoms with Crippen molar-refractivity contribution in [3.05, 3.63) is 17.7 Å². The molecule has 6 nitrogen and oxygen atoms in total. The molecule has 1 saturated heterocycles. The largest absolute Gasteiger partial charge is 0.493 e. The molecule has 24 heavy (non-hydrogen) atoms. The molecule has 6 heteroatoms. The standard InChI is InChI=1S/C18H26N2O4/c1-21-16-9-14-15(10-17(16)22-2)19-11-13-7-5-6-8-20(13)12-18(14,23-3)24-4/h9-11,13H,5-8,12H2,1-4H3/t13-/m0/s1. The third kappa shape index (κ3) is 2.90. The molecule has 2 aliphatic heterocycles. The number of fused-ring (bicyclic) bond motifs is 2. The van der Waals surface area contributed by atoms with Crippen molar-refractivity contribution in [2.45, 2.75) is 31.1 Å². The lowest BCUT2D eigenvalue weighted by Gasteiger charge is -2.42. The fourth-order valence-electron chi connectivity index (χ4n) is 3.61. The third-order valence-corrected chi connectivity index (χ3v) is 5.03. The first kappa shape index (κ1) is 17.2. The molecule has 3 rings (SSSR count). The zero-order valence-corrected chi connectivity index (χ0v) is 14.9. The van der Waals surface area contributed by atoms with Crippen LogP contribution >= 0.6 is 0 Å². The number of nitrogens with zero attached hydrogens (tertiary/aromatic N) is 2. The summed E-state index contributed by atoms with van der Waals surface area (Å²) < 4.78 is 22.6. The summed E-state index contributed by atoms with van der Waals surface area (Å²) in [4.78, 5) is 7.13. The van der Waals surface area contributed by atoms with E-state index < -0.39 is 5.79 Å². The van der Waals surface area contributed by atoms with Crippen molar-refractivity contribution in [3.8, 4) is 11.5 Å². The van der Waals surface area contributed by atoms with Crippen LogP contribution < -0.4 is 9.47 Å². The first-order valence-corrected chi connectivity index (χ1v) is 8.32. The van der Waals surface area contributed by atoms with Gasteiger partial charge in [-0.15, -0.1) is 0 Å². The summed E-state index contributed by atoms with van der Waals surface area (Å²) in [5, 5.41) is 0. The highest BCUT2D eigenvalue weighted by atomic mass is 16.7. The zero-order valence-electron chi connectivity index (χ0n) is 14.9. The molecule has 0 aliphatic carbocycles. The van der Waals surface area contributed by atoms with E-state index in [-0.39, 0.29) is 0 Å². The van der Waals surface area contributed by atoms with E-state index in [9.17, 15) is 0 Å². The van der Waals surface area contributed by atoms with Gasteiger partial charge in [-0.05, 0) is 25.5 Å². The molecule has 132 valence electrons. The van der Waals surface area contributed by atoms with Crippen molar-refractivity contribution in [1.82, 2.24) is 4.90 Å². The van der Waals surface area contributed by atoms with Gasteiger partial charge in [0.1, 0.15) is 0 Å². The van der Waals surface area contributed by atoms with Crippen LogP contribution in [0.1, 0.15) is 24.8 Å². The van der Waals surface area contributed by atoms with E-state index in [1.165, 1.54) is 12.8 Å². The fraction of sp³-hybridized carbons (Fsp3) is 0.611. The first-order valence-electron chi connectivity index (χ1n) is 8.32. The molecule has 0 aromatic heterocycles. The Morgan fingerprint density at radius 1 is 1.04 bits per heavy atom. The molecule has 0 unspecified atom stereocenters. The first-order chi connectivity index (χ1) is 11.7. The summed E-state index contributed by atoms with van der Waals surface area (Å²) >= 11 is 0. The van der Waals surface area contributed by atoms with Gasteiger partial charge in [0, 0.05) is 38.1 Å². The van der Waals surface area contributed by atoms with Crippen LogP contribution in [-0.4, -0.2) is 58.7 Å². The maximum absolute atomic E-state index is 5.88. The summed E-state index contributed by atoms with van der Waals surface area (Å²) in [5.41, 5.74) is 1.65. The summed E-state index contributed by atoms with van der Waals surface area (Å²) in [6.07, 6.45) is 5.56. The topological polar surface area (TPSA) is 52.5 Å². The number of ether oxygens (including phenoxy) is 4. The van der Waals surface area contributed by atoms with Crippen LogP contribution in [0.15, 0.2) is 17.1 Å². The summed E-state index contributed by atoms with van der Waals surface area (Å²) in [6, 6.07) is 4.10. The molecule has 2 heterocycles. The summed E-state index contributed by atoms with van der Waals surface area (Å²) in [7, 11) is 6.60. The summed E-state index contributed by atoms with van der Waals surface area (Å²) in [6.45, 7) is 1.67. The Balaban J connectivity index is 2.16. The van der Waals surface area contributed by atoms with E-state index in [1.54, 1.807) is 28.4 Å². The maximum atomic E-state index is 5.88. The maximum Gasteiger partial charge on any atom is 0.209 e. The fourth-order valence-corrected chi connectivity index (χ4v) is 3.61. The van der Waals surface area contributed by atoms with E-state index in [2.05, 4.69) is 4.90 Å². The van der Waals surface area contributed by atoms with Gasteiger partial charge in [0.25, 0.3) is 0 Å². The van der Waals surface area contributed by atoms with Crippen LogP contribution in [0, 0.1) is 0 Å². The molecule has 1 fully saturated rings. The molecular weight excluding hydrogens is 308 g/mol. The Kier molecular flexibility index (Phi) is 5.08. The highest BCUT2D eigenvalue weighted by molar-refractivity contribution is 5.72. The van der Waals surface area contributed by atoms with E-state index in [0.29, 0.717) is 24.1 Å². The molecule has 0 radical (unpaired) electrons. The molecule has 1 aromatic carbocycles. The molecule has 1 aromatic rings. The Hall–Kier alpha value is -1.63. The predicted molar refractivity (Wildman–Crippen MR) is 92.6 cm³/mol. The average Bonchev–Trinajstić information content (AvgIpc) is 2.63. The van der Waals surface area contributed by atoms with Crippen molar-refractivity contribution in [1.29, 1.82) is 0 Å². The second-order valence-electron chi connectivity index (χ2n) is 6.20. The lowest BCUT2D eigenvalue weighted by atomic mass is 9.96. The lowest BCUT2D eigenvalue weighted by Crippen LogP contribution is -2.51. The molecule has 0 spiro atoms. The normalized spacial score (nSPS) is 22.9. The Labute approximate surface area is 143 Å². The van der Waals surface area contributed by atoms with Gasteiger partial charge in [0.2, 0.25) is 5.79 Å². The van der Waals surface area contributed by atoms with Crippen LogP contribution in [0.4, 0.5) is 5.69 Å². The molecule has 0 N–H and O–H groups in total. The van der Waals surface area contributed by atoms with Gasteiger partial charge in [0.05, 0.1) is 26.5 Å². The average molecular weight is 334 g/mol. The third-order valence-electron chi connectivity index (χ3n) is 5.03. The number of benzene rings is 1. The van der Waals surface area contributed by atoms with Gasteiger partial charge in [-0.1, -0.05) is 6.42 Å². The summed E-state index contributed by atoms with van der Waals surface area (Å²) in [5.74, 6) is 0.402. The molecule has 2 aliphatic rings. The number of methoxy groups -OCH3 is 4. The van der Waals surface area contributed by atoms with Gasteiger partial charge >= 0.3 is 0 Å². The minimum Gasteiger partial charge on any atom is -0.493 e. The molecule has 0 bridgehead atoms. The lowest BCUT2D eigenvalue weighted by molar-refractivity contribution is -0.228. The molecular formula is C18H26N2O4. The minimum atomic E-state index is -0.887. The van der Waals surface area contributed by atoms with Crippen LogP contribution in [0.3, 0.4) is 0 Å². The van der Waals surface area contributed by atoms with Gasteiger partial charge in [-0.25, -0.2) is 0 Å².